The third-order valence-electron chi connectivity index (χ3n) is 3.96. The van der Waals surface area contributed by atoms with E-state index in [0.29, 0.717) is 0 Å². The fraction of sp³-hybridized carbons (Fsp3) is 0.235. The van der Waals surface area contributed by atoms with Gasteiger partial charge in [-0.2, -0.15) is 0 Å². The van der Waals surface area contributed by atoms with Crippen LogP contribution in [0.3, 0.4) is 0 Å². The lowest BCUT2D eigenvalue weighted by Crippen LogP contribution is -2.21. The Morgan fingerprint density at radius 2 is 1.81 bits per heavy atom. The lowest BCUT2D eigenvalue weighted by Gasteiger charge is -2.10. The van der Waals surface area contributed by atoms with Gasteiger partial charge in [-0.3, -0.25) is 9.13 Å². The van der Waals surface area contributed by atoms with E-state index in [1.165, 1.54) is 5.56 Å². The van der Waals surface area contributed by atoms with E-state index in [4.69, 9.17) is 0 Å². The molecule has 0 unspecified atom stereocenters. The molecule has 0 atom stereocenters. The molecule has 1 aromatic heterocycles. The van der Waals surface area contributed by atoms with Gasteiger partial charge in [-0.25, -0.2) is 4.79 Å². The molecule has 0 radical (unpaired) electrons. The molecule has 3 aromatic rings. The zero-order valence-corrected chi connectivity index (χ0v) is 12.6. The minimum Gasteiger partial charge on any atom is -0.388 e. The van der Waals surface area contributed by atoms with Crippen molar-refractivity contribution in [1.29, 1.82) is 0 Å². The molecule has 0 aliphatic rings. The van der Waals surface area contributed by atoms with Gasteiger partial charge in [0.1, 0.15) is 0 Å². The van der Waals surface area contributed by atoms with Gasteiger partial charge in [-0.15, -0.1) is 0 Å². The number of hydrogen-bond acceptors (Lipinski definition) is 2. The molecule has 21 heavy (non-hydrogen) atoms. The average Bonchev–Trinajstić information content (AvgIpc) is 2.78. The number of para-hydroxylation sites is 2. The number of rotatable bonds is 3. The van der Waals surface area contributed by atoms with Crippen molar-refractivity contribution in [2.24, 2.45) is 7.05 Å². The van der Waals surface area contributed by atoms with Crippen molar-refractivity contribution < 1.29 is 0 Å². The van der Waals surface area contributed by atoms with E-state index in [1.807, 2.05) is 43.4 Å². The number of nitrogens with zero attached hydrogens (tertiary/aromatic N) is 2. The summed E-state index contributed by atoms with van der Waals surface area (Å²) in [6.07, 6.45) is 0.959. The molecule has 3 rings (SSSR count). The number of fused-ring (bicyclic) bond motifs is 1. The van der Waals surface area contributed by atoms with Gasteiger partial charge < -0.3 is 5.32 Å². The largest absolute Gasteiger partial charge is 0.388 e. The summed E-state index contributed by atoms with van der Waals surface area (Å²) in [7, 11) is 3.71. The Hall–Kier alpha value is -2.49. The van der Waals surface area contributed by atoms with Crippen LogP contribution in [0.5, 0.6) is 0 Å². The molecule has 1 N–H and O–H groups in total. The highest BCUT2D eigenvalue weighted by Crippen LogP contribution is 2.22. The zero-order chi connectivity index (χ0) is 15.0. The molecule has 0 aliphatic heterocycles. The summed E-state index contributed by atoms with van der Waals surface area (Å²) in [5.41, 5.74) is 5.04. The molecule has 0 aliphatic carbocycles. The van der Waals surface area contributed by atoms with Crippen LogP contribution in [0.4, 0.5) is 5.69 Å². The summed E-state index contributed by atoms with van der Waals surface area (Å²) in [4.78, 5) is 12.5. The Balaban J connectivity index is 2.31. The summed E-state index contributed by atoms with van der Waals surface area (Å²) in [5, 5.41) is 3.21. The molecule has 0 fully saturated rings. The predicted octanol–water partition coefficient (Wildman–Crippen LogP) is 2.93. The van der Waals surface area contributed by atoms with Crippen molar-refractivity contribution in [2.45, 2.75) is 13.3 Å². The molecule has 0 saturated carbocycles. The van der Waals surface area contributed by atoms with E-state index in [-0.39, 0.29) is 5.69 Å². The van der Waals surface area contributed by atoms with Crippen LogP contribution in [0.2, 0.25) is 0 Å². The Kier molecular flexibility index (Phi) is 3.29. The van der Waals surface area contributed by atoms with E-state index in [0.717, 1.165) is 28.8 Å². The number of anilines is 1. The van der Waals surface area contributed by atoms with E-state index in [9.17, 15) is 4.79 Å². The smallest absolute Gasteiger partial charge is 0.333 e. The Morgan fingerprint density at radius 3 is 2.48 bits per heavy atom. The molecule has 0 bridgehead atoms. The van der Waals surface area contributed by atoms with E-state index in [1.54, 1.807) is 16.2 Å². The van der Waals surface area contributed by atoms with Crippen molar-refractivity contribution >= 4 is 16.7 Å². The lowest BCUT2D eigenvalue weighted by atomic mass is 10.1. The molecule has 4 heteroatoms. The Bertz CT molecular complexity index is 858. The SMILES string of the molecule is CCc1ccc(-n2c(=O)n(C)c3ccccc32)cc1NC. The van der Waals surface area contributed by atoms with Gasteiger partial charge in [0.15, 0.2) is 0 Å². The van der Waals surface area contributed by atoms with Crippen LogP contribution >= 0.6 is 0 Å². The highest BCUT2D eigenvalue weighted by atomic mass is 16.1. The first-order chi connectivity index (χ1) is 10.2. The van der Waals surface area contributed by atoms with E-state index in [2.05, 4.69) is 18.3 Å². The molecular weight excluding hydrogens is 262 g/mol. The maximum absolute atomic E-state index is 12.5. The van der Waals surface area contributed by atoms with Crippen LogP contribution in [0.25, 0.3) is 16.7 Å². The van der Waals surface area contributed by atoms with Gasteiger partial charge in [0.25, 0.3) is 0 Å². The standard InChI is InChI=1S/C17H19N3O/c1-4-12-9-10-13(11-14(12)18-2)20-16-8-6-5-7-15(16)19(3)17(20)21/h5-11,18H,4H2,1-3H3. The summed E-state index contributed by atoms with van der Waals surface area (Å²) in [6.45, 7) is 2.12. The minimum absolute atomic E-state index is 0.0255. The van der Waals surface area contributed by atoms with Crippen molar-refractivity contribution in [2.75, 3.05) is 12.4 Å². The van der Waals surface area contributed by atoms with Crippen LogP contribution in [-0.2, 0) is 13.5 Å². The van der Waals surface area contributed by atoms with Gasteiger partial charge in [-0.1, -0.05) is 25.1 Å². The molecular formula is C17H19N3O. The molecule has 2 aromatic carbocycles. The summed E-state index contributed by atoms with van der Waals surface area (Å²) >= 11 is 0. The van der Waals surface area contributed by atoms with Gasteiger partial charge in [0, 0.05) is 19.8 Å². The number of nitrogens with one attached hydrogen (secondary N) is 1. The number of aryl methyl sites for hydroxylation is 2. The third-order valence-corrected chi connectivity index (χ3v) is 3.96. The fourth-order valence-electron chi connectivity index (χ4n) is 2.79. The summed E-state index contributed by atoms with van der Waals surface area (Å²) in [6, 6.07) is 14.0. The first kappa shape index (κ1) is 13.5. The third kappa shape index (κ3) is 2.03. The molecule has 0 amide bonds. The van der Waals surface area contributed by atoms with Crippen LogP contribution in [0, 0.1) is 0 Å². The second-order valence-corrected chi connectivity index (χ2v) is 5.11. The van der Waals surface area contributed by atoms with Crippen molar-refractivity contribution in [3.8, 4) is 5.69 Å². The molecule has 0 saturated heterocycles. The van der Waals surface area contributed by atoms with Crippen molar-refractivity contribution in [1.82, 2.24) is 9.13 Å². The Labute approximate surface area is 123 Å². The maximum atomic E-state index is 12.5. The maximum Gasteiger partial charge on any atom is 0.333 e. The van der Waals surface area contributed by atoms with E-state index < -0.39 is 0 Å². The van der Waals surface area contributed by atoms with Crippen LogP contribution < -0.4 is 11.0 Å². The normalized spacial score (nSPS) is 11.0. The van der Waals surface area contributed by atoms with Gasteiger partial charge in [0.2, 0.25) is 0 Å². The number of hydrogen-bond donors (Lipinski definition) is 1. The first-order valence-electron chi connectivity index (χ1n) is 7.15. The monoisotopic (exact) mass is 281 g/mol. The van der Waals surface area contributed by atoms with Crippen molar-refractivity contribution in [3.05, 3.63) is 58.5 Å². The lowest BCUT2D eigenvalue weighted by molar-refractivity contribution is 0.846. The first-order valence-corrected chi connectivity index (χ1v) is 7.15. The highest BCUT2D eigenvalue weighted by molar-refractivity contribution is 5.78. The number of aromatic nitrogens is 2. The predicted molar refractivity (Wildman–Crippen MR) is 87.4 cm³/mol. The van der Waals surface area contributed by atoms with Gasteiger partial charge >= 0.3 is 5.69 Å². The quantitative estimate of drug-likeness (QED) is 0.801. The number of benzene rings is 2. The topological polar surface area (TPSA) is 39.0 Å². The number of imidazole rings is 1. The Morgan fingerprint density at radius 1 is 1.10 bits per heavy atom. The molecule has 0 spiro atoms. The highest BCUT2D eigenvalue weighted by Gasteiger charge is 2.12. The van der Waals surface area contributed by atoms with Crippen LogP contribution in [0.15, 0.2) is 47.3 Å². The fourth-order valence-corrected chi connectivity index (χ4v) is 2.79. The summed E-state index contributed by atoms with van der Waals surface area (Å²) in [5.74, 6) is 0. The second-order valence-electron chi connectivity index (χ2n) is 5.11. The zero-order valence-electron chi connectivity index (χ0n) is 12.6. The summed E-state index contributed by atoms with van der Waals surface area (Å²) < 4.78 is 3.44. The van der Waals surface area contributed by atoms with Crippen molar-refractivity contribution in [3.63, 3.8) is 0 Å². The van der Waals surface area contributed by atoms with Gasteiger partial charge in [0.05, 0.1) is 16.7 Å². The minimum atomic E-state index is -0.0255. The second kappa shape index (κ2) is 5.13. The van der Waals surface area contributed by atoms with E-state index >= 15 is 0 Å². The van der Waals surface area contributed by atoms with Crippen LogP contribution in [0.1, 0.15) is 12.5 Å². The molecule has 4 nitrogen and oxygen atoms in total. The average molecular weight is 281 g/mol. The molecule has 108 valence electrons. The van der Waals surface area contributed by atoms with Gasteiger partial charge in [-0.05, 0) is 36.2 Å². The van der Waals surface area contributed by atoms with Crippen LogP contribution in [-0.4, -0.2) is 16.2 Å². The molecule has 1 heterocycles.